The van der Waals surface area contributed by atoms with E-state index in [0.29, 0.717) is 0 Å². The number of hydrogen-bond acceptors (Lipinski definition) is 1. The fourth-order valence-electron chi connectivity index (χ4n) is 1.39. The van der Waals surface area contributed by atoms with Crippen molar-refractivity contribution in [2.45, 2.75) is 26.7 Å². The predicted molar refractivity (Wildman–Crippen MR) is 58.4 cm³/mol. The lowest BCUT2D eigenvalue weighted by Crippen LogP contribution is -2.19. The molecule has 0 saturated heterocycles. The highest BCUT2D eigenvalue weighted by Crippen LogP contribution is 2.15. The second-order valence-electron chi connectivity index (χ2n) is 3.23. The second-order valence-corrected chi connectivity index (χ2v) is 3.23. The van der Waals surface area contributed by atoms with Gasteiger partial charge in [0.15, 0.2) is 0 Å². The molecule has 1 aromatic rings. The van der Waals surface area contributed by atoms with E-state index in [9.17, 15) is 4.79 Å². The molecule has 3 N–H and O–H groups in total. The first-order valence-corrected chi connectivity index (χ1v) is 4.85. The molecule has 0 unspecified atom stereocenters. The van der Waals surface area contributed by atoms with Crippen LogP contribution >= 0.6 is 0 Å². The smallest absolute Gasteiger partial charge is 0.316 e. The number of primary amides is 1. The van der Waals surface area contributed by atoms with Gasteiger partial charge in [-0.3, -0.25) is 0 Å². The SMILES string of the molecule is CCc1cc(CC)cc(NC(N)=O)c1. The minimum atomic E-state index is -0.514. The lowest BCUT2D eigenvalue weighted by molar-refractivity contribution is 0.259. The predicted octanol–water partition coefficient (Wildman–Crippen LogP) is 2.30. The molecule has 76 valence electrons. The van der Waals surface area contributed by atoms with Gasteiger partial charge in [-0.15, -0.1) is 0 Å². The van der Waals surface area contributed by atoms with E-state index in [2.05, 4.69) is 25.2 Å². The number of hydrogen-bond donors (Lipinski definition) is 2. The molecule has 0 aliphatic rings. The van der Waals surface area contributed by atoms with E-state index in [1.165, 1.54) is 11.1 Å². The van der Waals surface area contributed by atoms with Gasteiger partial charge in [-0.2, -0.15) is 0 Å². The number of carbonyl (C=O) groups is 1. The molecular weight excluding hydrogens is 176 g/mol. The highest BCUT2D eigenvalue weighted by atomic mass is 16.2. The number of carbonyl (C=O) groups excluding carboxylic acids is 1. The van der Waals surface area contributed by atoms with Gasteiger partial charge in [0.05, 0.1) is 0 Å². The molecule has 0 heterocycles. The van der Waals surface area contributed by atoms with E-state index in [0.717, 1.165) is 18.5 Å². The largest absolute Gasteiger partial charge is 0.351 e. The normalized spacial score (nSPS) is 9.86. The molecule has 0 aliphatic heterocycles. The summed E-state index contributed by atoms with van der Waals surface area (Å²) in [5.41, 5.74) is 8.27. The van der Waals surface area contributed by atoms with E-state index in [-0.39, 0.29) is 0 Å². The number of amides is 2. The summed E-state index contributed by atoms with van der Waals surface area (Å²) in [5, 5.41) is 2.59. The van der Waals surface area contributed by atoms with Crippen LogP contribution in [0.3, 0.4) is 0 Å². The van der Waals surface area contributed by atoms with Crippen LogP contribution in [0.1, 0.15) is 25.0 Å². The Morgan fingerprint density at radius 1 is 1.21 bits per heavy atom. The minimum absolute atomic E-state index is 0.514. The Morgan fingerprint density at radius 3 is 2.07 bits per heavy atom. The van der Waals surface area contributed by atoms with Crippen molar-refractivity contribution in [3.05, 3.63) is 29.3 Å². The Balaban J connectivity index is 2.98. The number of anilines is 1. The molecule has 0 saturated carbocycles. The van der Waals surface area contributed by atoms with Crippen molar-refractivity contribution in [1.82, 2.24) is 0 Å². The fourth-order valence-corrected chi connectivity index (χ4v) is 1.39. The van der Waals surface area contributed by atoms with Crippen molar-refractivity contribution in [2.24, 2.45) is 5.73 Å². The average Bonchev–Trinajstić information content (AvgIpc) is 2.16. The zero-order valence-corrected chi connectivity index (χ0v) is 8.63. The molecule has 0 atom stereocenters. The highest BCUT2D eigenvalue weighted by Gasteiger charge is 2.00. The van der Waals surface area contributed by atoms with Gasteiger partial charge >= 0.3 is 6.03 Å². The number of nitrogens with one attached hydrogen (secondary N) is 1. The summed E-state index contributed by atoms with van der Waals surface area (Å²) in [6.45, 7) is 4.17. The molecule has 3 heteroatoms. The third kappa shape index (κ3) is 2.76. The summed E-state index contributed by atoms with van der Waals surface area (Å²) in [6, 6.07) is 5.53. The number of benzene rings is 1. The number of urea groups is 1. The van der Waals surface area contributed by atoms with E-state index in [1.54, 1.807) is 0 Å². The van der Waals surface area contributed by atoms with Gasteiger partial charge in [-0.1, -0.05) is 19.9 Å². The maximum absolute atomic E-state index is 10.7. The lowest BCUT2D eigenvalue weighted by atomic mass is 10.1. The summed E-state index contributed by atoms with van der Waals surface area (Å²) in [6.07, 6.45) is 1.92. The standard InChI is InChI=1S/C11H16N2O/c1-3-8-5-9(4-2)7-10(6-8)13-11(12)14/h5-7H,3-4H2,1-2H3,(H3,12,13,14). The van der Waals surface area contributed by atoms with Crippen molar-refractivity contribution in [1.29, 1.82) is 0 Å². The van der Waals surface area contributed by atoms with Crippen LogP contribution in [0.4, 0.5) is 10.5 Å². The van der Waals surface area contributed by atoms with E-state index in [4.69, 9.17) is 5.73 Å². The Morgan fingerprint density at radius 2 is 1.71 bits per heavy atom. The van der Waals surface area contributed by atoms with E-state index >= 15 is 0 Å². The molecule has 0 aromatic heterocycles. The molecule has 14 heavy (non-hydrogen) atoms. The number of aryl methyl sites for hydroxylation is 2. The summed E-state index contributed by atoms with van der Waals surface area (Å²) >= 11 is 0. The Hall–Kier alpha value is -1.51. The van der Waals surface area contributed by atoms with Crippen molar-refractivity contribution < 1.29 is 4.79 Å². The van der Waals surface area contributed by atoms with Crippen molar-refractivity contribution in [3.8, 4) is 0 Å². The number of rotatable bonds is 3. The van der Waals surface area contributed by atoms with Crippen LogP contribution in [0, 0.1) is 0 Å². The number of nitrogens with two attached hydrogens (primary N) is 1. The minimum Gasteiger partial charge on any atom is -0.351 e. The third-order valence-corrected chi connectivity index (χ3v) is 2.14. The van der Waals surface area contributed by atoms with Crippen molar-refractivity contribution >= 4 is 11.7 Å². The van der Waals surface area contributed by atoms with Gasteiger partial charge in [0.1, 0.15) is 0 Å². The molecular formula is C11H16N2O. The van der Waals surface area contributed by atoms with Crippen LogP contribution in [0.2, 0.25) is 0 Å². The van der Waals surface area contributed by atoms with Crippen LogP contribution in [0.25, 0.3) is 0 Å². The lowest BCUT2D eigenvalue weighted by Gasteiger charge is -2.07. The Labute approximate surface area is 84.3 Å². The zero-order chi connectivity index (χ0) is 10.6. The quantitative estimate of drug-likeness (QED) is 0.758. The Kier molecular flexibility index (Phi) is 3.51. The first-order valence-electron chi connectivity index (χ1n) is 4.85. The maximum atomic E-state index is 10.7. The topological polar surface area (TPSA) is 55.1 Å². The molecule has 0 radical (unpaired) electrons. The summed E-state index contributed by atoms with van der Waals surface area (Å²) in [5.74, 6) is 0. The van der Waals surface area contributed by atoms with E-state index in [1.807, 2.05) is 12.1 Å². The molecule has 1 aromatic carbocycles. The van der Waals surface area contributed by atoms with E-state index < -0.39 is 6.03 Å². The molecule has 1 rings (SSSR count). The molecule has 0 fully saturated rings. The van der Waals surface area contributed by atoms with Gasteiger partial charge in [0, 0.05) is 5.69 Å². The van der Waals surface area contributed by atoms with Crippen LogP contribution in [0.5, 0.6) is 0 Å². The summed E-state index contributed by atoms with van der Waals surface area (Å²) in [4.78, 5) is 10.7. The summed E-state index contributed by atoms with van der Waals surface area (Å²) < 4.78 is 0. The van der Waals surface area contributed by atoms with Crippen molar-refractivity contribution in [3.63, 3.8) is 0 Å². The van der Waals surface area contributed by atoms with Gasteiger partial charge in [0.25, 0.3) is 0 Å². The van der Waals surface area contributed by atoms with Crippen LogP contribution in [0.15, 0.2) is 18.2 Å². The first kappa shape index (κ1) is 10.6. The van der Waals surface area contributed by atoms with Crippen LogP contribution in [-0.4, -0.2) is 6.03 Å². The third-order valence-electron chi connectivity index (χ3n) is 2.14. The first-order chi connectivity index (χ1) is 6.65. The monoisotopic (exact) mass is 192 g/mol. The fraction of sp³-hybridized carbons (Fsp3) is 0.364. The summed E-state index contributed by atoms with van der Waals surface area (Å²) in [7, 11) is 0. The maximum Gasteiger partial charge on any atom is 0.316 e. The molecule has 0 spiro atoms. The molecule has 0 bridgehead atoms. The molecule has 2 amide bonds. The zero-order valence-electron chi connectivity index (χ0n) is 8.63. The molecule has 0 aliphatic carbocycles. The average molecular weight is 192 g/mol. The van der Waals surface area contributed by atoms with Gasteiger partial charge < -0.3 is 11.1 Å². The molecule has 3 nitrogen and oxygen atoms in total. The van der Waals surface area contributed by atoms with Gasteiger partial charge in [-0.25, -0.2) is 4.79 Å². The Bertz CT molecular complexity index is 312. The van der Waals surface area contributed by atoms with Gasteiger partial charge in [0.2, 0.25) is 0 Å². The van der Waals surface area contributed by atoms with Crippen LogP contribution < -0.4 is 11.1 Å². The van der Waals surface area contributed by atoms with Crippen LogP contribution in [-0.2, 0) is 12.8 Å². The second kappa shape index (κ2) is 4.65. The van der Waals surface area contributed by atoms with Gasteiger partial charge in [-0.05, 0) is 36.1 Å². The van der Waals surface area contributed by atoms with Crippen molar-refractivity contribution in [2.75, 3.05) is 5.32 Å². The highest BCUT2D eigenvalue weighted by molar-refractivity contribution is 5.87.